The highest BCUT2D eigenvalue weighted by Crippen LogP contribution is 2.16. The van der Waals surface area contributed by atoms with Gasteiger partial charge in [-0.2, -0.15) is 0 Å². The van der Waals surface area contributed by atoms with Crippen LogP contribution in [0.4, 0.5) is 4.79 Å². The fraction of sp³-hybridized carbons (Fsp3) is 0.269. The Labute approximate surface area is 193 Å². The summed E-state index contributed by atoms with van der Waals surface area (Å²) < 4.78 is 11.2. The Kier molecular flexibility index (Phi) is 8.82. The quantitative estimate of drug-likeness (QED) is 0.465. The number of carboxylic acid groups (broad SMARTS) is 1. The van der Waals surface area contributed by atoms with Crippen LogP contribution in [0, 0.1) is 0 Å². The van der Waals surface area contributed by atoms with Gasteiger partial charge in [0.1, 0.15) is 18.9 Å². The predicted octanol–water partition coefficient (Wildman–Crippen LogP) is 4.49. The third kappa shape index (κ3) is 7.96. The number of aliphatic carboxylic acids is 1. The molecule has 3 rings (SSSR count). The Morgan fingerprint density at radius 3 is 2.45 bits per heavy atom. The van der Waals surface area contributed by atoms with E-state index >= 15 is 0 Å². The third-order valence-electron chi connectivity index (χ3n) is 4.98. The van der Waals surface area contributed by atoms with Gasteiger partial charge in [0.15, 0.2) is 0 Å². The van der Waals surface area contributed by atoms with Gasteiger partial charge < -0.3 is 14.6 Å². The summed E-state index contributed by atoms with van der Waals surface area (Å²) in [4.78, 5) is 29.4. The van der Waals surface area contributed by atoms with Crippen molar-refractivity contribution in [2.45, 2.75) is 32.9 Å². The number of ether oxygens (including phenoxy) is 2. The van der Waals surface area contributed by atoms with Gasteiger partial charge >= 0.3 is 12.1 Å². The van der Waals surface area contributed by atoms with Crippen LogP contribution in [0.3, 0.4) is 0 Å². The average Bonchev–Trinajstić information content (AvgIpc) is 2.83. The Morgan fingerprint density at radius 1 is 0.970 bits per heavy atom. The fourth-order valence-corrected chi connectivity index (χ4v) is 3.20. The lowest BCUT2D eigenvalue weighted by atomic mass is 10.2. The Balaban J connectivity index is 1.56. The summed E-state index contributed by atoms with van der Waals surface area (Å²) in [5.41, 5.74) is 3.73. The first-order chi connectivity index (χ1) is 16.0. The second kappa shape index (κ2) is 12.2. The van der Waals surface area contributed by atoms with Crippen molar-refractivity contribution in [3.8, 4) is 5.75 Å². The van der Waals surface area contributed by atoms with E-state index in [0.29, 0.717) is 18.8 Å². The molecule has 2 aromatic carbocycles. The van der Waals surface area contributed by atoms with Gasteiger partial charge in [-0.25, -0.2) is 4.79 Å². The number of hydrogen-bond donors (Lipinski definition) is 1. The van der Waals surface area contributed by atoms with Crippen LogP contribution in [-0.2, 0) is 35.5 Å². The minimum atomic E-state index is -1.11. The van der Waals surface area contributed by atoms with Gasteiger partial charge in [-0.05, 0) is 41.3 Å². The maximum atomic E-state index is 12.5. The summed E-state index contributed by atoms with van der Waals surface area (Å²) in [6, 6.07) is 20.6. The molecule has 0 fully saturated rings. The first kappa shape index (κ1) is 23.8. The van der Waals surface area contributed by atoms with Gasteiger partial charge in [-0.1, -0.05) is 55.5 Å². The number of amides is 1. The molecule has 1 N–H and O–H groups in total. The highest BCUT2D eigenvalue weighted by molar-refractivity contribution is 5.76. The van der Waals surface area contributed by atoms with Crippen LogP contribution < -0.4 is 4.74 Å². The van der Waals surface area contributed by atoms with E-state index in [2.05, 4.69) is 18.0 Å². The van der Waals surface area contributed by atoms with Crippen LogP contribution in [0.1, 0.15) is 29.3 Å². The maximum absolute atomic E-state index is 12.5. The zero-order chi connectivity index (χ0) is 23.5. The lowest BCUT2D eigenvalue weighted by molar-refractivity contribution is -0.138. The lowest BCUT2D eigenvalue weighted by Gasteiger charge is -2.20. The highest BCUT2D eigenvalue weighted by atomic mass is 16.6. The molecule has 0 bridgehead atoms. The van der Waals surface area contributed by atoms with Crippen LogP contribution in [-0.4, -0.2) is 40.2 Å². The molecule has 33 heavy (non-hydrogen) atoms. The first-order valence-corrected chi connectivity index (χ1v) is 10.9. The SMILES string of the molecule is CCc1ccc(CCOc2cccc(CN(CC(=O)O)C(=O)OCc3ccccc3)c2)nc1. The number of hydrogen-bond acceptors (Lipinski definition) is 5. The van der Waals surface area contributed by atoms with Crippen molar-refractivity contribution in [3.63, 3.8) is 0 Å². The largest absolute Gasteiger partial charge is 0.493 e. The summed E-state index contributed by atoms with van der Waals surface area (Å²) in [5.74, 6) is -0.466. The highest BCUT2D eigenvalue weighted by Gasteiger charge is 2.19. The molecule has 0 aliphatic carbocycles. The van der Waals surface area contributed by atoms with Crippen LogP contribution in [0.5, 0.6) is 5.75 Å². The van der Waals surface area contributed by atoms with E-state index in [1.54, 1.807) is 6.07 Å². The Hall–Kier alpha value is -3.87. The molecule has 0 saturated heterocycles. The summed E-state index contributed by atoms with van der Waals surface area (Å²) >= 11 is 0. The number of aryl methyl sites for hydroxylation is 1. The Morgan fingerprint density at radius 2 is 1.76 bits per heavy atom. The number of carboxylic acids is 1. The van der Waals surface area contributed by atoms with E-state index in [4.69, 9.17) is 9.47 Å². The van der Waals surface area contributed by atoms with E-state index in [1.165, 1.54) is 5.56 Å². The minimum Gasteiger partial charge on any atom is -0.493 e. The number of rotatable bonds is 11. The number of carbonyl (C=O) groups is 2. The van der Waals surface area contributed by atoms with Crippen LogP contribution in [0.25, 0.3) is 0 Å². The Bertz CT molecular complexity index is 1040. The van der Waals surface area contributed by atoms with E-state index < -0.39 is 18.6 Å². The number of pyridine rings is 1. The molecule has 0 radical (unpaired) electrons. The van der Waals surface area contributed by atoms with Gasteiger partial charge in [0.2, 0.25) is 0 Å². The van der Waals surface area contributed by atoms with E-state index in [1.807, 2.05) is 60.8 Å². The van der Waals surface area contributed by atoms with Gasteiger partial charge in [0.05, 0.1) is 6.61 Å². The molecule has 0 atom stereocenters. The minimum absolute atomic E-state index is 0.0756. The van der Waals surface area contributed by atoms with Crippen LogP contribution >= 0.6 is 0 Å². The standard InChI is InChI=1S/C26H28N2O5/c1-2-20-11-12-23(27-16-20)13-14-32-24-10-6-9-22(15-24)17-28(18-25(29)30)26(31)33-19-21-7-4-3-5-8-21/h3-12,15-16H,2,13-14,17-19H2,1H3,(H,29,30). The summed E-state index contributed by atoms with van der Waals surface area (Å²) in [7, 11) is 0. The molecule has 172 valence electrons. The maximum Gasteiger partial charge on any atom is 0.410 e. The molecule has 0 spiro atoms. The van der Waals surface area contributed by atoms with Crippen LogP contribution in [0.2, 0.25) is 0 Å². The number of nitrogens with zero attached hydrogens (tertiary/aromatic N) is 2. The van der Waals surface area contributed by atoms with Crippen molar-refractivity contribution in [1.29, 1.82) is 0 Å². The topological polar surface area (TPSA) is 89.0 Å². The second-order valence-corrected chi connectivity index (χ2v) is 7.55. The van der Waals surface area contributed by atoms with Crippen LogP contribution in [0.15, 0.2) is 72.9 Å². The molecule has 0 aliphatic rings. The van der Waals surface area contributed by atoms with Crippen molar-refractivity contribution in [1.82, 2.24) is 9.88 Å². The molecule has 3 aromatic rings. The molecule has 7 nitrogen and oxygen atoms in total. The second-order valence-electron chi connectivity index (χ2n) is 7.55. The monoisotopic (exact) mass is 448 g/mol. The van der Waals surface area contributed by atoms with Gasteiger partial charge in [-0.15, -0.1) is 0 Å². The zero-order valence-corrected chi connectivity index (χ0v) is 18.6. The van der Waals surface area contributed by atoms with Gasteiger partial charge in [-0.3, -0.25) is 14.7 Å². The fourth-order valence-electron chi connectivity index (χ4n) is 3.20. The normalized spacial score (nSPS) is 10.5. The van der Waals surface area contributed by atoms with E-state index in [-0.39, 0.29) is 13.2 Å². The molecule has 0 aliphatic heterocycles. The first-order valence-electron chi connectivity index (χ1n) is 10.9. The molecular formula is C26H28N2O5. The molecular weight excluding hydrogens is 420 g/mol. The molecule has 7 heteroatoms. The summed E-state index contributed by atoms with van der Waals surface area (Å²) in [5, 5.41) is 9.23. The van der Waals surface area contributed by atoms with E-state index in [9.17, 15) is 14.7 Å². The average molecular weight is 449 g/mol. The predicted molar refractivity (Wildman–Crippen MR) is 124 cm³/mol. The van der Waals surface area contributed by atoms with Crippen molar-refractivity contribution in [2.24, 2.45) is 0 Å². The van der Waals surface area contributed by atoms with Crippen molar-refractivity contribution in [3.05, 3.63) is 95.3 Å². The third-order valence-corrected chi connectivity index (χ3v) is 4.98. The molecule has 1 heterocycles. The van der Waals surface area contributed by atoms with Gasteiger partial charge in [0.25, 0.3) is 0 Å². The molecule has 0 unspecified atom stereocenters. The lowest BCUT2D eigenvalue weighted by Crippen LogP contribution is -2.35. The summed E-state index contributed by atoms with van der Waals surface area (Å²) in [6.07, 6.45) is 2.82. The molecule has 1 aromatic heterocycles. The van der Waals surface area contributed by atoms with Crippen molar-refractivity contribution >= 4 is 12.1 Å². The number of benzene rings is 2. The smallest absolute Gasteiger partial charge is 0.410 e. The summed E-state index contributed by atoms with van der Waals surface area (Å²) in [6.45, 7) is 2.26. The zero-order valence-electron chi connectivity index (χ0n) is 18.6. The van der Waals surface area contributed by atoms with E-state index in [0.717, 1.165) is 28.1 Å². The van der Waals surface area contributed by atoms with Crippen molar-refractivity contribution in [2.75, 3.05) is 13.2 Å². The number of carbonyl (C=O) groups excluding carboxylic acids is 1. The molecule has 0 saturated carbocycles. The number of aromatic nitrogens is 1. The van der Waals surface area contributed by atoms with Gasteiger partial charge in [0, 0.05) is 24.9 Å². The van der Waals surface area contributed by atoms with Crippen molar-refractivity contribution < 1.29 is 24.2 Å². The molecule has 1 amide bonds.